The van der Waals surface area contributed by atoms with Gasteiger partial charge in [0.1, 0.15) is 5.75 Å². The van der Waals surface area contributed by atoms with Crippen LogP contribution in [0.3, 0.4) is 0 Å². The predicted octanol–water partition coefficient (Wildman–Crippen LogP) is 5.28. The van der Waals surface area contributed by atoms with Gasteiger partial charge in [-0.15, -0.1) is 0 Å². The Kier molecular flexibility index (Phi) is 8.83. The summed E-state index contributed by atoms with van der Waals surface area (Å²) >= 11 is 7.12. The van der Waals surface area contributed by atoms with Gasteiger partial charge in [-0.05, 0) is 61.4 Å². The van der Waals surface area contributed by atoms with E-state index in [2.05, 4.69) is 31.9 Å². The highest BCUT2D eigenvalue weighted by Gasteiger charge is 2.53. The van der Waals surface area contributed by atoms with E-state index >= 15 is 0 Å². The van der Waals surface area contributed by atoms with Crippen LogP contribution in [0, 0.1) is 22.0 Å². The number of carbonyl (C=O) groups excluding carboxylic acids is 5. The molecule has 0 aromatic heterocycles. The molecule has 0 N–H and O–H groups in total. The summed E-state index contributed by atoms with van der Waals surface area (Å²) in [5.41, 5.74) is 0.212. The highest BCUT2D eigenvalue weighted by Crippen LogP contribution is 2.45. The average Bonchev–Trinajstić information content (AvgIpc) is 3.24. The maximum atomic E-state index is 13.2. The van der Waals surface area contributed by atoms with Crippen molar-refractivity contribution in [2.75, 3.05) is 11.5 Å². The molecule has 1 aliphatic carbocycles. The van der Waals surface area contributed by atoms with Crippen LogP contribution in [0.15, 0.2) is 72.8 Å². The van der Waals surface area contributed by atoms with Crippen molar-refractivity contribution >= 4 is 72.8 Å². The number of amides is 2. The maximum Gasteiger partial charge on any atom is 0.343 e. The number of benzene rings is 3. The average molecular weight is 714 g/mol. The smallest absolute Gasteiger partial charge is 0.343 e. The Balaban J connectivity index is 1.21. The molecule has 1 heterocycles. The molecule has 1 saturated carbocycles. The molecule has 5 rings (SSSR count). The summed E-state index contributed by atoms with van der Waals surface area (Å²) in [5.74, 6) is -3.75. The van der Waals surface area contributed by atoms with Gasteiger partial charge in [-0.3, -0.25) is 24.5 Å². The Morgan fingerprint density at radius 2 is 1.37 bits per heavy atom. The lowest BCUT2D eigenvalue weighted by Crippen LogP contribution is -2.34. The largest absolute Gasteiger partial charge is 0.454 e. The number of alkyl halides is 2. The summed E-state index contributed by atoms with van der Waals surface area (Å²) in [7, 11) is 0. The second kappa shape index (κ2) is 12.6. The number of carbonyl (C=O) groups is 5. The third-order valence-corrected chi connectivity index (χ3v) is 10.0. The molecule has 0 bridgehead atoms. The molecule has 2 amide bonds. The number of nitrogens with zero attached hydrogens (tertiary/aromatic N) is 2. The van der Waals surface area contributed by atoms with Gasteiger partial charge in [0.2, 0.25) is 11.8 Å². The standard InChI is InChI=1S/C30H22Br2N2O9/c31-23-13-21-22(14-24(23)32)28(37)33(27(21)36)25-4-2-1-3-20(25)30(39)42-15-26(35)16-7-11-19(12-8-16)43-29(38)17-5-9-18(10-6-17)34(40)41/h1-12,21-24H,13-15H2. The van der Waals surface area contributed by atoms with Crippen LogP contribution in [0.25, 0.3) is 0 Å². The zero-order valence-electron chi connectivity index (χ0n) is 22.2. The number of halogens is 2. The molecule has 220 valence electrons. The molecule has 0 spiro atoms. The van der Waals surface area contributed by atoms with Gasteiger partial charge in [-0.2, -0.15) is 0 Å². The molecule has 3 aromatic rings. The minimum atomic E-state index is -0.871. The first-order valence-electron chi connectivity index (χ1n) is 13.1. The third-order valence-electron chi connectivity index (χ3n) is 7.31. The lowest BCUT2D eigenvalue weighted by atomic mass is 9.81. The molecular formula is C30H22Br2N2O9. The van der Waals surface area contributed by atoms with E-state index in [0.29, 0.717) is 12.8 Å². The highest BCUT2D eigenvalue weighted by atomic mass is 79.9. The number of fused-ring (bicyclic) bond motifs is 1. The zero-order valence-corrected chi connectivity index (χ0v) is 25.4. The summed E-state index contributed by atoms with van der Waals surface area (Å²) in [6, 6.07) is 16.6. The topological polar surface area (TPSA) is 150 Å². The van der Waals surface area contributed by atoms with Gasteiger partial charge in [-0.1, -0.05) is 44.0 Å². The molecule has 0 radical (unpaired) electrons. The SMILES string of the molecule is O=C(COC(=O)c1ccccc1N1C(=O)C2CC(Br)C(Br)CC2C1=O)c1ccc(OC(=O)c2ccc([N+](=O)[O-])cc2)cc1. The van der Waals surface area contributed by atoms with E-state index in [1.165, 1.54) is 60.7 Å². The Labute approximate surface area is 261 Å². The van der Waals surface area contributed by atoms with Crippen LogP contribution in [-0.4, -0.2) is 50.7 Å². The van der Waals surface area contributed by atoms with Gasteiger partial charge in [0.15, 0.2) is 12.4 Å². The molecule has 11 nitrogen and oxygen atoms in total. The lowest BCUT2D eigenvalue weighted by Gasteiger charge is -2.29. The monoisotopic (exact) mass is 712 g/mol. The Morgan fingerprint density at radius 1 is 0.814 bits per heavy atom. The van der Waals surface area contributed by atoms with Crippen molar-refractivity contribution in [2.45, 2.75) is 22.5 Å². The number of nitro groups is 1. The normalized spacial score (nSPS) is 21.2. The zero-order chi connectivity index (χ0) is 30.8. The van der Waals surface area contributed by atoms with Crippen molar-refractivity contribution in [3.8, 4) is 5.75 Å². The third kappa shape index (κ3) is 6.27. The summed E-state index contributed by atoms with van der Waals surface area (Å²) in [5, 5.41) is 10.8. The van der Waals surface area contributed by atoms with E-state index in [0.717, 1.165) is 4.90 Å². The van der Waals surface area contributed by atoms with Crippen LogP contribution in [0.4, 0.5) is 11.4 Å². The predicted molar refractivity (Wildman–Crippen MR) is 160 cm³/mol. The molecule has 13 heteroatoms. The van der Waals surface area contributed by atoms with E-state index in [1.807, 2.05) is 0 Å². The Hall–Kier alpha value is -4.23. The fourth-order valence-corrected chi connectivity index (χ4v) is 6.30. The van der Waals surface area contributed by atoms with Crippen molar-refractivity contribution in [2.24, 2.45) is 11.8 Å². The number of non-ortho nitro benzene ring substituents is 1. The Bertz CT molecular complexity index is 1600. The number of rotatable bonds is 8. The number of para-hydroxylation sites is 1. The van der Waals surface area contributed by atoms with Gasteiger partial charge in [0.05, 0.1) is 33.6 Å². The van der Waals surface area contributed by atoms with Gasteiger partial charge in [0.25, 0.3) is 5.69 Å². The van der Waals surface area contributed by atoms with E-state index in [9.17, 15) is 34.1 Å². The van der Waals surface area contributed by atoms with E-state index < -0.39 is 41.1 Å². The van der Waals surface area contributed by atoms with Crippen molar-refractivity contribution in [3.05, 3.63) is 99.6 Å². The van der Waals surface area contributed by atoms with Gasteiger partial charge < -0.3 is 9.47 Å². The number of imide groups is 1. The van der Waals surface area contributed by atoms with E-state index in [4.69, 9.17) is 9.47 Å². The highest BCUT2D eigenvalue weighted by molar-refractivity contribution is 9.12. The first kappa shape index (κ1) is 30.2. The molecule has 4 unspecified atom stereocenters. The molecule has 43 heavy (non-hydrogen) atoms. The van der Waals surface area contributed by atoms with Crippen LogP contribution in [0.2, 0.25) is 0 Å². The van der Waals surface area contributed by atoms with Crippen molar-refractivity contribution < 1.29 is 38.4 Å². The number of hydrogen-bond acceptors (Lipinski definition) is 9. The van der Waals surface area contributed by atoms with E-state index in [-0.39, 0.29) is 55.3 Å². The van der Waals surface area contributed by atoms with Crippen molar-refractivity contribution in [3.63, 3.8) is 0 Å². The van der Waals surface area contributed by atoms with Gasteiger partial charge >= 0.3 is 11.9 Å². The number of ether oxygens (including phenoxy) is 2. The van der Waals surface area contributed by atoms with Crippen LogP contribution in [0.1, 0.15) is 43.9 Å². The fraction of sp³-hybridized carbons (Fsp3) is 0.233. The summed E-state index contributed by atoms with van der Waals surface area (Å²) in [4.78, 5) is 75.9. The van der Waals surface area contributed by atoms with E-state index in [1.54, 1.807) is 12.1 Å². The minimum Gasteiger partial charge on any atom is -0.454 e. The van der Waals surface area contributed by atoms with Gasteiger partial charge in [-0.25, -0.2) is 14.5 Å². The van der Waals surface area contributed by atoms with Crippen molar-refractivity contribution in [1.82, 2.24) is 0 Å². The van der Waals surface area contributed by atoms with Gasteiger partial charge in [0, 0.05) is 27.4 Å². The number of Topliss-reactive ketones (excluding diaryl/α,β-unsaturated/α-hetero) is 1. The maximum absolute atomic E-state index is 13.2. The second-order valence-electron chi connectivity index (χ2n) is 9.96. The first-order chi connectivity index (χ1) is 20.5. The summed E-state index contributed by atoms with van der Waals surface area (Å²) in [6.07, 6.45) is 0.968. The van der Waals surface area contributed by atoms with Crippen LogP contribution < -0.4 is 9.64 Å². The molecule has 2 aliphatic rings. The van der Waals surface area contributed by atoms with Crippen molar-refractivity contribution in [1.29, 1.82) is 0 Å². The molecule has 4 atom stereocenters. The molecule has 1 saturated heterocycles. The first-order valence-corrected chi connectivity index (χ1v) is 14.9. The van der Waals surface area contributed by atoms with Crippen LogP contribution in [0.5, 0.6) is 5.75 Å². The lowest BCUT2D eigenvalue weighted by molar-refractivity contribution is -0.384. The number of anilines is 1. The molecule has 3 aromatic carbocycles. The molecule has 2 fully saturated rings. The second-order valence-corrected chi connectivity index (χ2v) is 12.3. The molecule has 1 aliphatic heterocycles. The summed E-state index contributed by atoms with van der Waals surface area (Å²) < 4.78 is 10.5. The van der Waals surface area contributed by atoms with Crippen LogP contribution >= 0.6 is 31.9 Å². The summed E-state index contributed by atoms with van der Waals surface area (Å²) in [6.45, 7) is -0.612. The molecular weight excluding hydrogens is 692 g/mol. The minimum absolute atomic E-state index is 0.0186. The number of ketones is 1. The Morgan fingerprint density at radius 3 is 1.95 bits per heavy atom. The number of nitro benzene ring substituents is 1. The fourth-order valence-electron chi connectivity index (χ4n) is 5.06. The number of hydrogen-bond donors (Lipinski definition) is 0. The number of esters is 2. The quantitative estimate of drug-likeness (QED) is 0.0578. The van der Waals surface area contributed by atoms with Crippen LogP contribution in [-0.2, 0) is 14.3 Å².